The molecule has 1 unspecified atom stereocenters. The molecule has 1 N–H and O–H groups in total. The summed E-state index contributed by atoms with van der Waals surface area (Å²) < 4.78 is 5.75. The Kier molecular flexibility index (Phi) is 5.73. The normalized spacial score (nSPS) is 12.5. The van der Waals surface area contributed by atoms with Crippen LogP contribution in [0.1, 0.15) is 40.5 Å². The first-order valence-corrected chi connectivity index (χ1v) is 6.35. The zero-order chi connectivity index (χ0) is 12.7. The number of aromatic nitrogens is 2. The molecule has 0 aliphatic rings. The Morgan fingerprint density at radius 2 is 2.12 bits per heavy atom. The van der Waals surface area contributed by atoms with Crippen molar-refractivity contribution in [1.82, 2.24) is 9.97 Å². The van der Waals surface area contributed by atoms with Crippen molar-refractivity contribution in [1.29, 1.82) is 0 Å². The molecule has 1 rings (SSSR count). The summed E-state index contributed by atoms with van der Waals surface area (Å²) in [6.07, 6.45) is 3.99. The quantitative estimate of drug-likeness (QED) is 0.791. The number of hydrogen-bond acceptors (Lipinski definition) is 4. The summed E-state index contributed by atoms with van der Waals surface area (Å²) in [7, 11) is 0. The van der Waals surface area contributed by atoms with Crippen LogP contribution in [0.15, 0.2) is 12.3 Å². The molecule has 0 aliphatic heterocycles. The van der Waals surface area contributed by atoms with Gasteiger partial charge >= 0.3 is 0 Å². The van der Waals surface area contributed by atoms with Gasteiger partial charge in [-0.3, -0.25) is 0 Å². The van der Waals surface area contributed by atoms with E-state index in [1.54, 1.807) is 12.3 Å². The maximum Gasteiger partial charge on any atom is 0.225 e. The third-order valence-electron chi connectivity index (χ3n) is 2.29. The number of nitrogens with one attached hydrogen (secondary N) is 1. The Hall–Kier alpha value is -1.32. The van der Waals surface area contributed by atoms with Crippen LogP contribution in [0.25, 0.3) is 0 Å². The topological polar surface area (TPSA) is 47.0 Å². The summed E-state index contributed by atoms with van der Waals surface area (Å²) in [5.74, 6) is 1.91. The van der Waals surface area contributed by atoms with Crippen molar-refractivity contribution in [2.75, 3.05) is 11.9 Å². The van der Waals surface area contributed by atoms with Crippen LogP contribution >= 0.6 is 0 Å². The second-order valence-corrected chi connectivity index (χ2v) is 4.70. The molecular formula is C13H23N3O. The van der Waals surface area contributed by atoms with Crippen molar-refractivity contribution in [3.05, 3.63) is 12.3 Å². The lowest BCUT2D eigenvalue weighted by molar-refractivity contribution is 0.185. The maximum absolute atomic E-state index is 5.75. The van der Waals surface area contributed by atoms with Crippen molar-refractivity contribution in [3.63, 3.8) is 0 Å². The van der Waals surface area contributed by atoms with Crippen molar-refractivity contribution in [2.24, 2.45) is 5.92 Å². The van der Waals surface area contributed by atoms with E-state index < -0.39 is 0 Å². The molecule has 0 radical (unpaired) electrons. The van der Waals surface area contributed by atoms with Gasteiger partial charge in [0.2, 0.25) is 11.8 Å². The SMILES string of the molecule is CCCNc1nccc(OC(C)CC(C)C)n1. The highest BCUT2D eigenvalue weighted by atomic mass is 16.5. The Bertz CT molecular complexity index is 328. The van der Waals surface area contributed by atoms with E-state index in [9.17, 15) is 0 Å². The van der Waals surface area contributed by atoms with Gasteiger partial charge in [0.25, 0.3) is 0 Å². The Morgan fingerprint density at radius 3 is 2.76 bits per heavy atom. The van der Waals surface area contributed by atoms with Gasteiger partial charge in [0, 0.05) is 18.8 Å². The first-order valence-electron chi connectivity index (χ1n) is 6.35. The zero-order valence-electron chi connectivity index (χ0n) is 11.2. The van der Waals surface area contributed by atoms with Crippen LogP contribution in [-0.4, -0.2) is 22.6 Å². The predicted octanol–water partition coefficient (Wildman–Crippen LogP) is 3.11. The first kappa shape index (κ1) is 13.7. The standard InChI is InChI=1S/C13H23N3O/c1-5-7-14-13-15-8-6-12(16-13)17-11(4)9-10(2)3/h6,8,10-11H,5,7,9H2,1-4H3,(H,14,15,16). The number of hydrogen-bond donors (Lipinski definition) is 1. The molecule has 1 aromatic rings. The molecule has 1 atom stereocenters. The van der Waals surface area contributed by atoms with Gasteiger partial charge in [-0.15, -0.1) is 0 Å². The van der Waals surface area contributed by atoms with E-state index in [-0.39, 0.29) is 6.10 Å². The lowest BCUT2D eigenvalue weighted by Gasteiger charge is -2.16. The van der Waals surface area contributed by atoms with Gasteiger partial charge in [-0.25, -0.2) is 4.98 Å². The molecule has 4 heteroatoms. The second-order valence-electron chi connectivity index (χ2n) is 4.70. The highest BCUT2D eigenvalue weighted by molar-refractivity contribution is 5.27. The maximum atomic E-state index is 5.75. The lowest BCUT2D eigenvalue weighted by Crippen LogP contribution is -2.15. The van der Waals surface area contributed by atoms with Gasteiger partial charge in [-0.1, -0.05) is 20.8 Å². The summed E-state index contributed by atoms with van der Waals surface area (Å²) in [5, 5.41) is 3.15. The molecule has 96 valence electrons. The Balaban J connectivity index is 2.52. The van der Waals surface area contributed by atoms with E-state index >= 15 is 0 Å². The fourth-order valence-electron chi connectivity index (χ4n) is 1.65. The van der Waals surface area contributed by atoms with Crippen LogP contribution in [0.5, 0.6) is 5.88 Å². The lowest BCUT2D eigenvalue weighted by atomic mass is 10.1. The molecule has 0 amide bonds. The molecule has 1 aromatic heterocycles. The fraction of sp³-hybridized carbons (Fsp3) is 0.692. The van der Waals surface area contributed by atoms with Crippen LogP contribution in [0.3, 0.4) is 0 Å². The summed E-state index contributed by atoms with van der Waals surface area (Å²) in [4.78, 5) is 8.46. The molecule has 0 saturated heterocycles. The van der Waals surface area contributed by atoms with Gasteiger partial charge in [0.1, 0.15) is 0 Å². The van der Waals surface area contributed by atoms with E-state index in [4.69, 9.17) is 4.74 Å². The minimum absolute atomic E-state index is 0.184. The molecule has 0 fully saturated rings. The number of rotatable bonds is 7. The fourth-order valence-corrected chi connectivity index (χ4v) is 1.65. The van der Waals surface area contributed by atoms with Crippen LogP contribution in [0.4, 0.5) is 5.95 Å². The first-order chi connectivity index (χ1) is 8.11. The van der Waals surface area contributed by atoms with Gasteiger partial charge in [-0.2, -0.15) is 4.98 Å². The Labute approximate surface area is 104 Å². The van der Waals surface area contributed by atoms with E-state index in [0.717, 1.165) is 19.4 Å². The van der Waals surface area contributed by atoms with Crippen molar-refractivity contribution < 1.29 is 4.74 Å². The monoisotopic (exact) mass is 237 g/mol. The van der Waals surface area contributed by atoms with E-state index in [1.165, 1.54) is 0 Å². The highest BCUT2D eigenvalue weighted by Crippen LogP contribution is 2.14. The minimum Gasteiger partial charge on any atom is -0.475 e. The van der Waals surface area contributed by atoms with Gasteiger partial charge in [0.05, 0.1) is 6.10 Å². The molecule has 0 saturated carbocycles. The predicted molar refractivity (Wildman–Crippen MR) is 70.4 cm³/mol. The second kappa shape index (κ2) is 7.09. The van der Waals surface area contributed by atoms with Gasteiger partial charge in [-0.05, 0) is 25.7 Å². The van der Waals surface area contributed by atoms with Crippen molar-refractivity contribution in [3.8, 4) is 5.88 Å². The number of ether oxygens (including phenoxy) is 1. The van der Waals surface area contributed by atoms with E-state index in [0.29, 0.717) is 17.7 Å². The zero-order valence-corrected chi connectivity index (χ0v) is 11.2. The molecule has 0 aromatic carbocycles. The molecule has 17 heavy (non-hydrogen) atoms. The molecule has 0 spiro atoms. The number of nitrogens with zero attached hydrogens (tertiary/aromatic N) is 2. The average molecular weight is 237 g/mol. The van der Waals surface area contributed by atoms with Crippen LogP contribution in [0.2, 0.25) is 0 Å². The summed E-state index contributed by atoms with van der Waals surface area (Å²) in [6.45, 7) is 9.44. The minimum atomic E-state index is 0.184. The van der Waals surface area contributed by atoms with Crippen molar-refractivity contribution in [2.45, 2.75) is 46.6 Å². The van der Waals surface area contributed by atoms with E-state index in [1.807, 2.05) is 0 Å². The highest BCUT2D eigenvalue weighted by Gasteiger charge is 2.08. The van der Waals surface area contributed by atoms with E-state index in [2.05, 4.69) is 43.0 Å². The van der Waals surface area contributed by atoms with Gasteiger partial charge in [0.15, 0.2) is 0 Å². The molecule has 0 bridgehead atoms. The third kappa shape index (κ3) is 5.52. The van der Waals surface area contributed by atoms with Crippen LogP contribution in [0, 0.1) is 5.92 Å². The van der Waals surface area contributed by atoms with Crippen molar-refractivity contribution >= 4 is 5.95 Å². The summed E-state index contributed by atoms with van der Waals surface area (Å²) >= 11 is 0. The largest absolute Gasteiger partial charge is 0.475 e. The molecule has 0 aliphatic carbocycles. The number of anilines is 1. The molecule has 4 nitrogen and oxygen atoms in total. The molecular weight excluding hydrogens is 214 g/mol. The van der Waals surface area contributed by atoms with Crippen LogP contribution < -0.4 is 10.1 Å². The third-order valence-corrected chi connectivity index (χ3v) is 2.29. The smallest absolute Gasteiger partial charge is 0.225 e. The van der Waals surface area contributed by atoms with Crippen LogP contribution in [-0.2, 0) is 0 Å². The summed E-state index contributed by atoms with van der Waals surface area (Å²) in [5.41, 5.74) is 0. The molecule has 1 heterocycles. The Morgan fingerprint density at radius 1 is 1.35 bits per heavy atom. The summed E-state index contributed by atoms with van der Waals surface area (Å²) in [6, 6.07) is 1.80. The van der Waals surface area contributed by atoms with Gasteiger partial charge < -0.3 is 10.1 Å². The average Bonchev–Trinajstić information content (AvgIpc) is 2.25.